The minimum absolute atomic E-state index is 0.0893. The van der Waals surface area contributed by atoms with Crippen LogP contribution in [0.2, 0.25) is 0 Å². The molecular formula is C13H16Br2N4. The summed E-state index contributed by atoms with van der Waals surface area (Å²) < 4.78 is 3.56. The van der Waals surface area contributed by atoms with E-state index in [9.17, 15) is 0 Å². The molecule has 19 heavy (non-hydrogen) atoms. The van der Waals surface area contributed by atoms with E-state index in [0.29, 0.717) is 5.69 Å². The smallest absolute Gasteiger partial charge is 0.160 e. The maximum atomic E-state index is 6.12. The maximum absolute atomic E-state index is 6.12. The second kappa shape index (κ2) is 4.90. The summed E-state index contributed by atoms with van der Waals surface area (Å²) in [5.74, 6) is 1.57. The number of nitrogens with zero attached hydrogens (tertiary/aromatic N) is 3. The zero-order chi connectivity index (χ0) is 14.4. The summed E-state index contributed by atoms with van der Waals surface area (Å²) >= 11 is 6.92. The van der Waals surface area contributed by atoms with Crippen molar-refractivity contribution < 1.29 is 0 Å². The fourth-order valence-electron chi connectivity index (χ4n) is 1.71. The molecule has 2 aromatic rings. The molecule has 0 fully saturated rings. The predicted octanol–water partition coefficient (Wildman–Crippen LogP) is 3.89. The first-order valence-corrected chi connectivity index (χ1v) is 7.45. The summed E-state index contributed by atoms with van der Waals surface area (Å²) in [6.07, 6.45) is 0. The molecule has 0 aliphatic heterocycles. The van der Waals surface area contributed by atoms with Crippen LogP contribution in [0.5, 0.6) is 0 Å². The third kappa shape index (κ3) is 2.84. The van der Waals surface area contributed by atoms with E-state index in [-0.39, 0.29) is 5.41 Å². The van der Waals surface area contributed by atoms with Crippen molar-refractivity contribution in [3.63, 3.8) is 0 Å². The van der Waals surface area contributed by atoms with Gasteiger partial charge >= 0.3 is 0 Å². The van der Waals surface area contributed by atoms with Gasteiger partial charge in [-0.1, -0.05) is 36.7 Å². The number of nitrogen functional groups attached to an aromatic ring is 1. The van der Waals surface area contributed by atoms with E-state index < -0.39 is 0 Å². The van der Waals surface area contributed by atoms with Gasteiger partial charge in [-0.2, -0.15) is 5.10 Å². The van der Waals surface area contributed by atoms with Gasteiger partial charge in [0.25, 0.3) is 0 Å². The van der Waals surface area contributed by atoms with Crippen LogP contribution in [0.15, 0.2) is 21.1 Å². The van der Waals surface area contributed by atoms with Crippen LogP contribution in [0, 0.1) is 0 Å². The SMILES string of the molecule is Cn1nc(C(C)(C)C)nc1-c1cc(Br)cc(Br)c1N. The Morgan fingerprint density at radius 2 is 1.84 bits per heavy atom. The summed E-state index contributed by atoms with van der Waals surface area (Å²) in [5, 5.41) is 4.48. The molecule has 4 nitrogen and oxygen atoms in total. The van der Waals surface area contributed by atoms with Gasteiger partial charge in [-0.05, 0) is 28.1 Å². The lowest BCUT2D eigenvalue weighted by Crippen LogP contribution is -2.13. The van der Waals surface area contributed by atoms with Gasteiger partial charge in [0.2, 0.25) is 0 Å². The van der Waals surface area contributed by atoms with Crippen molar-refractivity contribution in [2.24, 2.45) is 7.05 Å². The van der Waals surface area contributed by atoms with E-state index in [1.54, 1.807) is 4.68 Å². The summed E-state index contributed by atoms with van der Waals surface area (Å²) in [7, 11) is 1.88. The topological polar surface area (TPSA) is 56.7 Å². The Hall–Kier alpha value is -0.880. The van der Waals surface area contributed by atoms with Gasteiger partial charge in [0.05, 0.1) is 5.69 Å². The molecule has 0 bridgehead atoms. The first-order chi connectivity index (χ1) is 8.70. The van der Waals surface area contributed by atoms with Crippen LogP contribution in [0.4, 0.5) is 5.69 Å². The number of hydrogen-bond donors (Lipinski definition) is 1. The third-order valence-electron chi connectivity index (χ3n) is 2.77. The third-order valence-corrected chi connectivity index (χ3v) is 3.88. The number of anilines is 1. The summed E-state index contributed by atoms with van der Waals surface area (Å²) in [5.41, 5.74) is 7.57. The van der Waals surface area contributed by atoms with E-state index >= 15 is 0 Å². The van der Waals surface area contributed by atoms with Gasteiger partial charge in [-0.15, -0.1) is 0 Å². The number of aromatic nitrogens is 3. The van der Waals surface area contributed by atoms with E-state index in [2.05, 4.69) is 62.7 Å². The van der Waals surface area contributed by atoms with Crippen LogP contribution in [-0.2, 0) is 12.5 Å². The standard InChI is InChI=1S/C13H16Br2N4/c1-13(2,3)12-17-11(19(4)18-12)8-5-7(14)6-9(15)10(8)16/h5-6H,16H2,1-4H3. The molecule has 2 rings (SSSR count). The second-order valence-corrected chi connectivity index (χ2v) is 7.25. The van der Waals surface area contributed by atoms with Crippen LogP contribution < -0.4 is 5.73 Å². The van der Waals surface area contributed by atoms with Crippen molar-refractivity contribution in [1.29, 1.82) is 0 Å². The molecule has 6 heteroatoms. The van der Waals surface area contributed by atoms with E-state index in [1.807, 2.05) is 19.2 Å². The molecular weight excluding hydrogens is 372 g/mol. The van der Waals surface area contributed by atoms with Gasteiger partial charge in [-0.25, -0.2) is 9.67 Å². The van der Waals surface area contributed by atoms with E-state index in [0.717, 1.165) is 26.2 Å². The van der Waals surface area contributed by atoms with Crippen molar-refractivity contribution in [3.05, 3.63) is 26.9 Å². The number of aryl methyl sites for hydroxylation is 1. The Morgan fingerprint density at radius 3 is 2.37 bits per heavy atom. The molecule has 0 saturated carbocycles. The van der Waals surface area contributed by atoms with Crippen LogP contribution in [0.3, 0.4) is 0 Å². The molecule has 0 aliphatic rings. The van der Waals surface area contributed by atoms with Gasteiger partial charge in [0.1, 0.15) is 0 Å². The fraction of sp³-hybridized carbons (Fsp3) is 0.385. The van der Waals surface area contributed by atoms with E-state index in [4.69, 9.17) is 5.73 Å². The monoisotopic (exact) mass is 386 g/mol. The van der Waals surface area contributed by atoms with Gasteiger partial charge in [-0.3, -0.25) is 0 Å². The minimum atomic E-state index is -0.0893. The predicted molar refractivity (Wildman–Crippen MR) is 85.0 cm³/mol. The molecule has 1 aromatic heterocycles. The Bertz CT molecular complexity index is 626. The molecule has 0 aliphatic carbocycles. The second-order valence-electron chi connectivity index (χ2n) is 5.48. The summed E-state index contributed by atoms with van der Waals surface area (Å²) in [6.45, 7) is 6.27. The Morgan fingerprint density at radius 1 is 1.21 bits per heavy atom. The maximum Gasteiger partial charge on any atom is 0.160 e. The highest BCUT2D eigenvalue weighted by Gasteiger charge is 2.22. The lowest BCUT2D eigenvalue weighted by molar-refractivity contribution is 0.538. The molecule has 1 heterocycles. The zero-order valence-electron chi connectivity index (χ0n) is 11.3. The molecule has 0 saturated heterocycles. The van der Waals surface area contributed by atoms with Crippen molar-refractivity contribution in [3.8, 4) is 11.4 Å². The molecule has 1 aromatic carbocycles. The molecule has 0 radical (unpaired) electrons. The van der Waals surface area contributed by atoms with Crippen molar-refractivity contribution in [2.45, 2.75) is 26.2 Å². The van der Waals surface area contributed by atoms with Crippen LogP contribution >= 0.6 is 31.9 Å². The first kappa shape index (κ1) is 14.5. The highest BCUT2D eigenvalue weighted by atomic mass is 79.9. The van der Waals surface area contributed by atoms with Gasteiger partial charge < -0.3 is 5.73 Å². The minimum Gasteiger partial charge on any atom is -0.397 e. The van der Waals surface area contributed by atoms with Crippen molar-refractivity contribution >= 4 is 37.5 Å². The number of nitrogens with two attached hydrogens (primary N) is 1. The highest BCUT2D eigenvalue weighted by Crippen LogP contribution is 2.35. The van der Waals surface area contributed by atoms with Crippen molar-refractivity contribution in [2.75, 3.05) is 5.73 Å². The van der Waals surface area contributed by atoms with Gasteiger partial charge in [0, 0.05) is 27.0 Å². The molecule has 2 N–H and O–H groups in total. The molecule has 0 atom stereocenters. The van der Waals surface area contributed by atoms with E-state index in [1.165, 1.54) is 0 Å². The quantitative estimate of drug-likeness (QED) is 0.755. The number of rotatable bonds is 1. The average molecular weight is 388 g/mol. The number of hydrogen-bond acceptors (Lipinski definition) is 3. The normalized spacial score (nSPS) is 11.9. The average Bonchev–Trinajstić information content (AvgIpc) is 2.65. The lowest BCUT2D eigenvalue weighted by Gasteiger charge is -2.12. The molecule has 0 spiro atoms. The Balaban J connectivity index is 2.63. The Labute approximate surface area is 129 Å². The molecule has 0 amide bonds. The fourth-order valence-corrected chi connectivity index (χ4v) is 2.93. The highest BCUT2D eigenvalue weighted by molar-refractivity contribution is 9.11. The molecule has 102 valence electrons. The number of benzene rings is 1. The van der Waals surface area contributed by atoms with Crippen LogP contribution in [0.1, 0.15) is 26.6 Å². The largest absolute Gasteiger partial charge is 0.397 e. The van der Waals surface area contributed by atoms with Crippen LogP contribution in [-0.4, -0.2) is 14.8 Å². The van der Waals surface area contributed by atoms with Crippen molar-refractivity contribution in [1.82, 2.24) is 14.8 Å². The summed E-state index contributed by atoms with van der Waals surface area (Å²) in [6, 6.07) is 3.87. The zero-order valence-corrected chi connectivity index (χ0v) is 14.5. The number of halogens is 2. The lowest BCUT2D eigenvalue weighted by atomic mass is 9.96. The van der Waals surface area contributed by atoms with Crippen LogP contribution in [0.25, 0.3) is 11.4 Å². The Kier molecular flexibility index (Phi) is 3.75. The first-order valence-electron chi connectivity index (χ1n) is 5.86. The van der Waals surface area contributed by atoms with Gasteiger partial charge in [0.15, 0.2) is 11.6 Å². The summed E-state index contributed by atoms with van der Waals surface area (Å²) in [4.78, 5) is 4.62. The molecule has 0 unspecified atom stereocenters.